The topological polar surface area (TPSA) is 56.9 Å². The number of aliphatic hydroxyl groups excluding tert-OH is 1. The Morgan fingerprint density at radius 3 is 2.65 bits per heavy atom. The highest BCUT2D eigenvalue weighted by Gasteiger charge is 2.15. The van der Waals surface area contributed by atoms with Crippen molar-refractivity contribution in [3.63, 3.8) is 0 Å². The largest absolute Gasteiger partial charge is 0.464 e. The zero-order valence-electron chi connectivity index (χ0n) is 12.8. The van der Waals surface area contributed by atoms with Crippen molar-refractivity contribution in [3.8, 4) is 0 Å². The third-order valence-electron chi connectivity index (χ3n) is 3.22. The predicted molar refractivity (Wildman–Crippen MR) is 78.4 cm³/mol. The number of carbonyl (C=O) groups is 1. The minimum Gasteiger partial charge on any atom is -0.464 e. The Hall–Kier alpha value is -1.33. The second-order valence-electron chi connectivity index (χ2n) is 5.12. The number of aliphatic hydroxyl groups is 1. The van der Waals surface area contributed by atoms with Crippen LogP contribution in [0.1, 0.15) is 31.3 Å². The van der Waals surface area contributed by atoms with Crippen LogP contribution in [0.2, 0.25) is 0 Å². The molecule has 0 unspecified atom stereocenters. The second-order valence-corrected chi connectivity index (χ2v) is 5.12. The molecule has 5 heteroatoms. The summed E-state index contributed by atoms with van der Waals surface area (Å²) in [5.74, 6) is 1.69. The minimum absolute atomic E-state index is 0.0450. The molecule has 0 spiro atoms. The molecule has 0 saturated heterocycles. The van der Waals surface area contributed by atoms with E-state index >= 15 is 0 Å². The van der Waals surface area contributed by atoms with Crippen molar-refractivity contribution in [3.05, 3.63) is 23.7 Å². The zero-order valence-corrected chi connectivity index (χ0v) is 12.8. The molecule has 114 valence electrons. The van der Waals surface area contributed by atoms with E-state index in [0.717, 1.165) is 30.9 Å². The number of hydrogen-bond donors (Lipinski definition) is 1. The molecule has 1 heterocycles. The van der Waals surface area contributed by atoms with Crippen LogP contribution in [0.4, 0.5) is 0 Å². The van der Waals surface area contributed by atoms with E-state index in [0.29, 0.717) is 19.6 Å². The molecule has 0 saturated carbocycles. The van der Waals surface area contributed by atoms with Crippen molar-refractivity contribution >= 4 is 5.91 Å². The summed E-state index contributed by atoms with van der Waals surface area (Å²) in [7, 11) is 1.77. The maximum atomic E-state index is 12.2. The van der Waals surface area contributed by atoms with Crippen LogP contribution in [0, 0.1) is 6.92 Å². The Morgan fingerprint density at radius 1 is 1.35 bits per heavy atom. The molecule has 0 bridgehead atoms. The highest BCUT2D eigenvalue weighted by Crippen LogP contribution is 2.09. The summed E-state index contributed by atoms with van der Waals surface area (Å²) in [5.41, 5.74) is 0. The summed E-state index contributed by atoms with van der Waals surface area (Å²) in [6.07, 6.45) is 2.12. The van der Waals surface area contributed by atoms with Crippen LogP contribution in [0.15, 0.2) is 16.5 Å². The van der Waals surface area contributed by atoms with Gasteiger partial charge in [-0.05, 0) is 32.0 Å². The van der Waals surface area contributed by atoms with Gasteiger partial charge in [-0.15, -0.1) is 0 Å². The standard InChI is InChI=1S/C15H26N2O3/c1-4-5-8-17(9-10-18)12-15(19)16(3)11-14-7-6-13(2)20-14/h6-7,18H,4-5,8-12H2,1-3H3. The average Bonchev–Trinajstić information content (AvgIpc) is 2.81. The monoisotopic (exact) mass is 282 g/mol. The van der Waals surface area contributed by atoms with E-state index in [-0.39, 0.29) is 12.5 Å². The van der Waals surface area contributed by atoms with E-state index in [1.54, 1.807) is 11.9 Å². The van der Waals surface area contributed by atoms with E-state index in [2.05, 4.69) is 6.92 Å². The molecule has 1 aromatic rings. The van der Waals surface area contributed by atoms with E-state index < -0.39 is 0 Å². The lowest BCUT2D eigenvalue weighted by Crippen LogP contribution is -2.39. The van der Waals surface area contributed by atoms with Crippen molar-refractivity contribution in [1.29, 1.82) is 0 Å². The number of rotatable bonds is 9. The lowest BCUT2D eigenvalue weighted by atomic mass is 10.3. The lowest BCUT2D eigenvalue weighted by Gasteiger charge is -2.24. The van der Waals surface area contributed by atoms with Crippen LogP contribution < -0.4 is 0 Å². The van der Waals surface area contributed by atoms with Gasteiger partial charge in [0, 0.05) is 13.6 Å². The van der Waals surface area contributed by atoms with E-state index in [1.807, 2.05) is 24.0 Å². The molecule has 0 aromatic carbocycles. The highest BCUT2D eigenvalue weighted by molar-refractivity contribution is 5.77. The van der Waals surface area contributed by atoms with Crippen LogP contribution >= 0.6 is 0 Å². The number of unbranched alkanes of at least 4 members (excludes halogenated alkanes) is 1. The molecule has 0 fully saturated rings. The van der Waals surface area contributed by atoms with Crippen molar-refractivity contribution in [2.45, 2.75) is 33.2 Å². The van der Waals surface area contributed by atoms with Crippen molar-refractivity contribution in [1.82, 2.24) is 9.80 Å². The summed E-state index contributed by atoms with van der Waals surface area (Å²) in [4.78, 5) is 15.8. The number of aryl methyl sites for hydroxylation is 1. The van der Waals surface area contributed by atoms with Gasteiger partial charge >= 0.3 is 0 Å². The molecule has 5 nitrogen and oxygen atoms in total. The smallest absolute Gasteiger partial charge is 0.236 e. The Labute approximate surface area is 121 Å². The number of hydrogen-bond acceptors (Lipinski definition) is 4. The minimum atomic E-state index is 0.0450. The Bertz CT molecular complexity index is 404. The van der Waals surface area contributed by atoms with Gasteiger partial charge in [-0.25, -0.2) is 0 Å². The lowest BCUT2D eigenvalue weighted by molar-refractivity contribution is -0.132. The molecule has 1 aromatic heterocycles. The summed E-state index contributed by atoms with van der Waals surface area (Å²) in [6, 6.07) is 3.79. The number of furan rings is 1. The Morgan fingerprint density at radius 2 is 2.10 bits per heavy atom. The molecule has 1 N–H and O–H groups in total. The number of amides is 1. The normalized spacial score (nSPS) is 11.1. The van der Waals surface area contributed by atoms with Gasteiger partial charge in [0.2, 0.25) is 5.91 Å². The van der Waals surface area contributed by atoms with Gasteiger partial charge in [-0.2, -0.15) is 0 Å². The first-order chi connectivity index (χ1) is 9.56. The van der Waals surface area contributed by atoms with Gasteiger partial charge in [-0.3, -0.25) is 9.69 Å². The summed E-state index contributed by atoms with van der Waals surface area (Å²) in [6.45, 7) is 6.29. The molecule has 0 radical (unpaired) electrons. The fourth-order valence-electron chi connectivity index (χ4n) is 2.00. The second kappa shape index (κ2) is 8.76. The molecular weight excluding hydrogens is 256 g/mol. The maximum absolute atomic E-state index is 12.2. The van der Waals surface area contributed by atoms with Crippen LogP contribution in [0.5, 0.6) is 0 Å². The van der Waals surface area contributed by atoms with Gasteiger partial charge in [-0.1, -0.05) is 13.3 Å². The van der Waals surface area contributed by atoms with Crippen LogP contribution in [-0.4, -0.2) is 54.1 Å². The fourth-order valence-corrected chi connectivity index (χ4v) is 2.00. The van der Waals surface area contributed by atoms with Crippen molar-refractivity contribution < 1.29 is 14.3 Å². The number of carbonyl (C=O) groups excluding carboxylic acids is 1. The molecule has 1 amide bonds. The first-order valence-corrected chi connectivity index (χ1v) is 7.19. The van der Waals surface area contributed by atoms with E-state index in [9.17, 15) is 4.79 Å². The molecule has 0 aliphatic carbocycles. The first kappa shape index (κ1) is 16.7. The third-order valence-corrected chi connectivity index (χ3v) is 3.22. The van der Waals surface area contributed by atoms with E-state index in [1.165, 1.54) is 0 Å². The first-order valence-electron chi connectivity index (χ1n) is 7.19. The van der Waals surface area contributed by atoms with Gasteiger partial charge in [0.05, 0.1) is 19.7 Å². The molecular formula is C15H26N2O3. The Balaban J connectivity index is 2.45. The molecule has 0 atom stereocenters. The van der Waals surface area contributed by atoms with Crippen molar-refractivity contribution in [2.75, 3.05) is 33.3 Å². The maximum Gasteiger partial charge on any atom is 0.236 e. The number of nitrogens with zero attached hydrogens (tertiary/aromatic N) is 2. The molecule has 0 aliphatic rings. The van der Waals surface area contributed by atoms with Crippen LogP contribution in [0.3, 0.4) is 0 Å². The van der Waals surface area contributed by atoms with Gasteiger partial charge < -0.3 is 14.4 Å². The number of likely N-dealkylation sites (N-methyl/N-ethyl adjacent to an activating group) is 1. The molecule has 1 rings (SSSR count). The van der Waals surface area contributed by atoms with Gasteiger partial charge in [0.25, 0.3) is 0 Å². The summed E-state index contributed by atoms with van der Waals surface area (Å²) >= 11 is 0. The third kappa shape index (κ3) is 5.75. The summed E-state index contributed by atoms with van der Waals surface area (Å²) < 4.78 is 5.47. The highest BCUT2D eigenvalue weighted by atomic mass is 16.3. The van der Waals surface area contributed by atoms with Crippen molar-refractivity contribution in [2.24, 2.45) is 0 Å². The fraction of sp³-hybridized carbons (Fsp3) is 0.667. The Kier molecular flexibility index (Phi) is 7.33. The van der Waals surface area contributed by atoms with Gasteiger partial charge in [0.15, 0.2) is 0 Å². The zero-order chi connectivity index (χ0) is 15.0. The SMILES string of the molecule is CCCCN(CCO)CC(=O)N(C)Cc1ccc(C)o1. The predicted octanol–water partition coefficient (Wildman–Crippen LogP) is 1.64. The molecule has 0 aliphatic heterocycles. The van der Waals surface area contributed by atoms with Crippen LogP contribution in [-0.2, 0) is 11.3 Å². The molecule has 20 heavy (non-hydrogen) atoms. The van der Waals surface area contributed by atoms with Gasteiger partial charge in [0.1, 0.15) is 11.5 Å². The van der Waals surface area contributed by atoms with Crippen LogP contribution in [0.25, 0.3) is 0 Å². The average molecular weight is 282 g/mol. The summed E-state index contributed by atoms with van der Waals surface area (Å²) in [5, 5.41) is 9.04. The quantitative estimate of drug-likeness (QED) is 0.748. The van der Waals surface area contributed by atoms with E-state index in [4.69, 9.17) is 9.52 Å².